The summed E-state index contributed by atoms with van der Waals surface area (Å²) in [5, 5.41) is 13.7. The average molecular weight is 615 g/mol. The number of alkyl carbamates (subject to hydrolysis) is 1. The zero-order valence-corrected chi connectivity index (χ0v) is 25.4. The largest absolute Gasteiger partial charge is 0.453 e. The molecule has 0 unspecified atom stereocenters. The Morgan fingerprint density at radius 1 is 0.935 bits per heavy atom. The van der Waals surface area contributed by atoms with E-state index in [9.17, 15) is 9.59 Å². The second kappa shape index (κ2) is 11.6. The summed E-state index contributed by atoms with van der Waals surface area (Å²) in [6, 6.07) is 22.1. The lowest BCUT2D eigenvalue weighted by molar-refractivity contribution is -0.121. The predicted octanol–water partition coefficient (Wildman–Crippen LogP) is 5.25. The van der Waals surface area contributed by atoms with Crippen LogP contribution in [0.2, 0.25) is 0 Å². The molecule has 3 aliphatic rings. The third kappa shape index (κ3) is 5.02. The van der Waals surface area contributed by atoms with Crippen LogP contribution in [0.4, 0.5) is 10.5 Å². The lowest BCUT2D eigenvalue weighted by Crippen LogP contribution is -2.48. The van der Waals surface area contributed by atoms with Gasteiger partial charge >= 0.3 is 6.09 Å². The molecule has 0 saturated carbocycles. The number of aromatic nitrogens is 5. The number of H-pyrrole nitrogens is 2. The fourth-order valence-corrected chi connectivity index (χ4v) is 6.97. The molecular weight excluding hydrogens is 580 g/mol. The number of hydrogen-bond donors (Lipinski definition) is 4. The molecule has 46 heavy (non-hydrogen) atoms. The zero-order valence-electron chi connectivity index (χ0n) is 25.4. The summed E-state index contributed by atoms with van der Waals surface area (Å²) >= 11 is 0. The van der Waals surface area contributed by atoms with Crippen LogP contribution < -0.4 is 15.5 Å². The third-order valence-electron chi connectivity index (χ3n) is 9.36. The minimum Gasteiger partial charge on any atom is -0.453 e. The molecule has 0 radical (unpaired) electrons. The van der Waals surface area contributed by atoms with Crippen LogP contribution in [0, 0.1) is 0 Å². The zero-order chi connectivity index (χ0) is 31.2. The highest BCUT2D eigenvalue weighted by Gasteiger charge is 2.42. The number of benzene rings is 3. The number of rotatable bonds is 6. The normalized spacial score (nSPS) is 20.4. The maximum Gasteiger partial charge on any atom is 0.407 e. The Labute approximate surface area is 265 Å². The highest BCUT2D eigenvalue weighted by molar-refractivity contribution is 6.02. The second-order valence-electron chi connectivity index (χ2n) is 12.1. The molecule has 5 aromatic rings. The van der Waals surface area contributed by atoms with Gasteiger partial charge in [0.1, 0.15) is 17.7 Å². The van der Waals surface area contributed by atoms with Gasteiger partial charge < -0.3 is 20.4 Å². The number of ether oxygens (including phenoxy) is 1. The lowest BCUT2D eigenvalue weighted by atomic mass is 10.0. The van der Waals surface area contributed by atoms with Crippen LogP contribution in [-0.4, -0.2) is 56.8 Å². The molecule has 8 rings (SSSR count). The Bertz CT molecular complexity index is 1910. The Morgan fingerprint density at radius 3 is 2.41 bits per heavy atom. The van der Waals surface area contributed by atoms with E-state index < -0.39 is 12.1 Å². The van der Waals surface area contributed by atoms with E-state index in [-0.39, 0.29) is 18.0 Å². The first-order chi connectivity index (χ1) is 22.6. The van der Waals surface area contributed by atoms with E-state index in [0.29, 0.717) is 30.9 Å². The van der Waals surface area contributed by atoms with Gasteiger partial charge in [-0.05, 0) is 60.0 Å². The van der Waals surface area contributed by atoms with Crippen molar-refractivity contribution in [1.82, 2.24) is 35.8 Å². The number of amides is 2. The Kier molecular flexibility index (Phi) is 7.09. The summed E-state index contributed by atoms with van der Waals surface area (Å²) < 4.78 is 4.79. The van der Waals surface area contributed by atoms with Gasteiger partial charge in [-0.25, -0.2) is 14.8 Å². The number of anilines is 1. The summed E-state index contributed by atoms with van der Waals surface area (Å²) in [4.78, 5) is 40.6. The van der Waals surface area contributed by atoms with Crippen LogP contribution in [0.25, 0.3) is 33.8 Å². The molecule has 0 aliphatic carbocycles. The summed E-state index contributed by atoms with van der Waals surface area (Å²) in [5.74, 6) is 2.16. The van der Waals surface area contributed by atoms with Gasteiger partial charge in [0.05, 0.1) is 36.8 Å². The van der Waals surface area contributed by atoms with Crippen molar-refractivity contribution in [1.29, 1.82) is 0 Å². The number of imidazole rings is 1. The van der Waals surface area contributed by atoms with Gasteiger partial charge in [0.15, 0.2) is 5.82 Å². The standard InChI is InChI=1S/C35H34N8O3/c1-46-35(45)39-27-16-15-23-4-2-5-25-18-29(43(30(23)25)34(27)44)33-37-19-28(38-33)22-11-7-20(8-12-22)21-9-13-24(14-10-21)31-40-32(42-41-31)26-6-3-17-36-26/h2,4-5,7-14,19,26-27,29,36H,3,6,15-18H2,1H3,(H,37,38)(H,39,45)(H,40,41,42)/t26-,27-,29-/m0/s1. The number of aromatic amines is 2. The van der Waals surface area contributed by atoms with Crippen molar-refractivity contribution < 1.29 is 14.3 Å². The van der Waals surface area contributed by atoms with E-state index >= 15 is 0 Å². The van der Waals surface area contributed by atoms with Gasteiger partial charge in [0.2, 0.25) is 5.91 Å². The van der Waals surface area contributed by atoms with E-state index in [2.05, 4.69) is 86.5 Å². The van der Waals surface area contributed by atoms with Gasteiger partial charge in [-0.1, -0.05) is 66.7 Å². The van der Waals surface area contributed by atoms with Gasteiger partial charge in [0, 0.05) is 12.0 Å². The van der Waals surface area contributed by atoms with E-state index in [0.717, 1.165) is 70.0 Å². The minimum absolute atomic E-state index is 0.151. The molecule has 3 atom stereocenters. The molecule has 3 aliphatic heterocycles. The van der Waals surface area contributed by atoms with Crippen molar-refractivity contribution in [2.45, 2.75) is 50.2 Å². The molecular formula is C35H34N8O3. The molecule has 11 heteroatoms. The number of nitrogens with one attached hydrogen (secondary N) is 4. The Balaban J connectivity index is 1.00. The predicted molar refractivity (Wildman–Crippen MR) is 173 cm³/mol. The first-order valence-electron chi connectivity index (χ1n) is 15.8. The summed E-state index contributed by atoms with van der Waals surface area (Å²) in [7, 11) is 1.30. The highest BCUT2D eigenvalue weighted by atomic mass is 16.5. The van der Waals surface area contributed by atoms with Crippen LogP contribution in [-0.2, 0) is 22.4 Å². The number of methoxy groups -OCH3 is 1. The monoisotopic (exact) mass is 614 g/mol. The fourth-order valence-electron chi connectivity index (χ4n) is 6.97. The van der Waals surface area contributed by atoms with Crippen molar-refractivity contribution >= 4 is 17.7 Å². The highest BCUT2D eigenvalue weighted by Crippen LogP contribution is 2.44. The second-order valence-corrected chi connectivity index (χ2v) is 12.1. The number of hydrogen-bond acceptors (Lipinski definition) is 7. The number of nitrogens with zero attached hydrogens (tertiary/aromatic N) is 4. The summed E-state index contributed by atoms with van der Waals surface area (Å²) in [6.45, 7) is 1.02. The topological polar surface area (TPSA) is 141 Å². The van der Waals surface area contributed by atoms with Crippen LogP contribution in [0.5, 0.6) is 0 Å². The maximum absolute atomic E-state index is 13.8. The molecule has 11 nitrogen and oxygen atoms in total. The summed E-state index contributed by atoms with van der Waals surface area (Å²) in [6.07, 6.45) is 5.28. The number of carbonyl (C=O) groups is 2. The van der Waals surface area contributed by atoms with Gasteiger partial charge in [-0.2, -0.15) is 5.10 Å². The Morgan fingerprint density at radius 2 is 1.67 bits per heavy atom. The third-order valence-corrected chi connectivity index (χ3v) is 9.36. The molecule has 0 bridgehead atoms. The number of aryl methyl sites for hydroxylation is 1. The quantitative estimate of drug-likeness (QED) is 0.205. The van der Waals surface area contributed by atoms with Crippen molar-refractivity contribution in [3.63, 3.8) is 0 Å². The smallest absolute Gasteiger partial charge is 0.407 e. The van der Waals surface area contributed by atoms with E-state index in [1.165, 1.54) is 7.11 Å². The number of carbonyl (C=O) groups excluding carboxylic acids is 2. The van der Waals surface area contributed by atoms with Crippen molar-refractivity contribution in [3.05, 3.63) is 95.7 Å². The first-order valence-corrected chi connectivity index (χ1v) is 15.8. The molecule has 232 valence electrons. The molecule has 2 aromatic heterocycles. The van der Waals surface area contributed by atoms with Crippen LogP contribution >= 0.6 is 0 Å². The van der Waals surface area contributed by atoms with Crippen LogP contribution in [0.1, 0.15) is 54.1 Å². The van der Waals surface area contributed by atoms with Gasteiger partial charge in [-0.3, -0.25) is 14.8 Å². The van der Waals surface area contributed by atoms with Gasteiger partial charge in [0.25, 0.3) is 0 Å². The van der Waals surface area contributed by atoms with Crippen LogP contribution in [0.15, 0.2) is 72.9 Å². The molecule has 5 heterocycles. The molecule has 1 saturated heterocycles. The average Bonchev–Trinajstić information content (AvgIpc) is 3.91. The van der Waals surface area contributed by atoms with E-state index in [1.54, 1.807) is 0 Å². The lowest BCUT2D eigenvalue weighted by Gasteiger charge is -2.27. The fraction of sp³-hybridized carbons (Fsp3) is 0.286. The molecule has 1 fully saturated rings. The van der Waals surface area contributed by atoms with Crippen molar-refractivity contribution in [2.24, 2.45) is 0 Å². The SMILES string of the molecule is COC(=O)N[C@H]1CCc2cccc3c2N(C1=O)[C@H](c1ncc(-c2ccc(-c4ccc(-c5n[nH]c([C@@H]6CCCN6)n5)cc4)cc2)[nH]1)C3. The van der Waals surface area contributed by atoms with E-state index in [4.69, 9.17) is 14.7 Å². The first kappa shape index (κ1) is 28.2. The summed E-state index contributed by atoms with van der Waals surface area (Å²) in [5.41, 5.74) is 8.19. The molecule has 2 amide bonds. The number of para-hydroxylation sites is 1. The molecule has 4 N–H and O–H groups in total. The van der Waals surface area contributed by atoms with Crippen molar-refractivity contribution in [2.75, 3.05) is 18.6 Å². The maximum atomic E-state index is 13.8. The molecule has 3 aromatic carbocycles. The van der Waals surface area contributed by atoms with Crippen molar-refractivity contribution in [3.8, 4) is 33.8 Å². The minimum atomic E-state index is -0.674. The van der Waals surface area contributed by atoms with E-state index in [1.807, 2.05) is 17.2 Å². The Hall–Kier alpha value is -5.29. The molecule has 0 spiro atoms. The van der Waals surface area contributed by atoms with Gasteiger partial charge in [-0.15, -0.1) is 0 Å². The van der Waals surface area contributed by atoms with Crippen LogP contribution in [0.3, 0.4) is 0 Å².